The second-order valence-electron chi connectivity index (χ2n) is 24.9. The Balaban J connectivity index is 4.19. The molecule has 0 radical (unpaired) electrons. The van der Waals surface area contributed by atoms with E-state index in [4.69, 9.17) is 14.2 Å². The maximum absolute atomic E-state index is 13.0. The monoisotopic (exact) mass is 1130 g/mol. The first kappa shape index (κ1) is 77.9. The van der Waals surface area contributed by atoms with Gasteiger partial charge in [0.05, 0.1) is 0 Å². The number of unbranched alkanes of at least 4 members (excludes halogenated alkanes) is 53. The van der Waals surface area contributed by atoms with Crippen LogP contribution in [0.2, 0.25) is 0 Å². The second kappa shape index (κ2) is 69.4. The molecule has 1 atom stereocenters. The van der Waals surface area contributed by atoms with Gasteiger partial charge in [-0.15, -0.1) is 0 Å². The van der Waals surface area contributed by atoms with Gasteiger partial charge in [-0.05, 0) is 70.6 Å². The van der Waals surface area contributed by atoms with Crippen LogP contribution in [-0.4, -0.2) is 37.2 Å². The summed E-state index contributed by atoms with van der Waals surface area (Å²) in [5.41, 5.74) is 0. The first-order valence-corrected chi connectivity index (χ1v) is 36.3. The quantitative estimate of drug-likeness (QED) is 0.0261. The van der Waals surface area contributed by atoms with Gasteiger partial charge < -0.3 is 14.2 Å². The van der Waals surface area contributed by atoms with Crippen LogP contribution < -0.4 is 0 Å². The van der Waals surface area contributed by atoms with Crippen molar-refractivity contribution in [1.82, 2.24) is 0 Å². The van der Waals surface area contributed by atoms with Crippen molar-refractivity contribution < 1.29 is 28.6 Å². The summed E-state index contributed by atoms with van der Waals surface area (Å²) in [4.78, 5) is 38.4. The van der Waals surface area contributed by atoms with E-state index in [0.29, 0.717) is 19.3 Å². The molecule has 0 aromatic heterocycles. The van der Waals surface area contributed by atoms with Crippen molar-refractivity contribution in [2.45, 2.75) is 419 Å². The molecule has 0 aliphatic rings. The largest absolute Gasteiger partial charge is 0.462 e. The summed E-state index contributed by atoms with van der Waals surface area (Å²) in [6.07, 6.45) is 85.0. The molecule has 0 aromatic rings. The number of hydrogen-bond acceptors (Lipinski definition) is 6. The summed E-state index contributed by atoms with van der Waals surface area (Å²) in [6, 6.07) is 0. The van der Waals surface area contributed by atoms with Crippen LogP contribution in [0.5, 0.6) is 0 Å². The molecule has 6 nitrogen and oxygen atoms in total. The molecule has 0 heterocycles. The fraction of sp³-hybridized carbons (Fsp3) is 0.905. The highest BCUT2D eigenvalue weighted by Crippen LogP contribution is 2.19. The van der Waals surface area contributed by atoms with Gasteiger partial charge in [-0.3, -0.25) is 14.4 Å². The van der Waals surface area contributed by atoms with Crippen molar-refractivity contribution in [3.63, 3.8) is 0 Å². The molecule has 0 spiro atoms. The number of carbonyl (C=O) groups is 3. The van der Waals surface area contributed by atoms with Gasteiger partial charge in [-0.1, -0.05) is 347 Å². The molecule has 0 aliphatic heterocycles. The zero-order valence-corrected chi connectivity index (χ0v) is 54.4. The van der Waals surface area contributed by atoms with E-state index in [0.717, 1.165) is 57.8 Å². The van der Waals surface area contributed by atoms with E-state index in [-0.39, 0.29) is 31.1 Å². The zero-order valence-electron chi connectivity index (χ0n) is 54.4. The van der Waals surface area contributed by atoms with Crippen LogP contribution in [0.4, 0.5) is 0 Å². The first-order valence-electron chi connectivity index (χ1n) is 36.3. The molecule has 80 heavy (non-hydrogen) atoms. The van der Waals surface area contributed by atoms with Crippen molar-refractivity contribution in [2.75, 3.05) is 13.2 Å². The normalized spacial score (nSPS) is 12.1. The van der Waals surface area contributed by atoms with Crippen LogP contribution in [0, 0.1) is 0 Å². The van der Waals surface area contributed by atoms with E-state index >= 15 is 0 Å². The number of rotatable bonds is 68. The molecule has 0 aromatic carbocycles. The molecule has 0 bridgehead atoms. The van der Waals surface area contributed by atoms with Crippen LogP contribution in [0.15, 0.2) is 24.3 Å². The van der Waals surface area contributed by atoms with E-state index in [1.807, 2.05) is 0 Å². The number of esters is 3. The minimum atomic E-state index is -0.768. The van der Waals surface area contributed by atoms with Crippen LogP contribution >= 0.6 is 0 Å². The van der Waals surface area contributed by atoms with Gasteiger partial charge >= 0.3 is 17.9 Å². The Kier molecular flexibility index (Phi) is 67.6. The standard InChI is InChI=1S/C74H140O6/c1-4-7-10-13-16-19-22-25-27-29-31-33-35-37-39-41-43-45-47-49-52-55-58-61-64-67-73(76)79-70-71(69-78-72(75)66-63-60-57-54-51-24-21-18-15-12-9-6-3)80-74(77)68-65-62-59-56-53-50-48-46-44-42-40-38-36-34-32-30-28-26-23-20-17-14-11-8-5-2/h29-32,71H,4-28,33-70H2,1-3H3/b31-29-,32-30-. The summed E-state index contributed by atoms with van der Waals surface area (Å²) < 4.78 is 17.0. The fourth-order valence-electron chi connectivity index (χ4n) is 11.2. The predicted molar refractivity (Wildman–Crippen MR) is 349 cm³/mol. The molecule has 0 N–H and O–H groups in total. The summed E-state index contributed by atoms with van der Waals surface area (Å²) in [7, 11) is 0. The van der Waals surface area contributed by atoms with E-state index < -0.39 is 6.10 Å². The highest BCUT2D eigenvalue weighted by molar-refractivity contribution is 5.71. The third kappa shape index (κ3) is 66.7. The molecule has 0 saturated heterocycles. The summed E-state index contributed by atoms with van der Waals surface area (Å²) in [6.45, 7) is 6.72. The van der Waals surface area contributed by atoms with Crippen molar-refractivity contribution in [2.24, 2.45) is 0 Å². The smallest absolute Gasteiger partial charge is 0.306 e. The molecule has 6 heteroatoms. The minimum Gasteiger partial charge on any atom is -0.462 e. The van der Waals surface area contributed by atoms with Gasteiger partial charge in [0.1, 0.15) is 13.2 Å². The Labute approximate surface area is 500 Å². The van der Waals surface area contributed by atoms with Gasteiger partial charge in [0, 0.05) is 19.3 Å². The van der Waals surface area contributed by atoms with Gasteiger partial charge in [-0.25, -0.2) is 0 Å². The van der Waals surface area contributed by atoms with E-state index in [2.05, 4.69) is 45.1 Å². The molecule has 0 aliphatic carbocycles. The molecule has 0 amide bonds. The Morgan fingerprint density at radius 3 is 0.625 bits per heavy atom. The second-order valence-corrected chi connectivity index (χ2v) is 24.9. The topological polar surface area (TPSA) is 78.9 Å². The van der Waals surface area contributed by atoms with Gasteiger partial charge in [0.25, 0.3) is 0 Å². The maximum Gasteiger partial charge on any atom is 0.306 e. The minimum absolute atomic E-state index is 0.0650. The maximum atomic E-state index is 13.0. The highest BCUT2D eigenvalue weighted by atomic mass is 16.6. The third-order valence-electron chi connectivity index (χ3n) is 16.7. The summed E-state index contributed by atoms with van der Waals surface area (Å²) in [5, 5.41) is 0. The lowest BCUT2D eigenvalue weighted by Gasteiger charge is -2.18. The molecular formula is C74H140O6. The van der Waals surface area contributed by atoms with Gasteiger partial charge in [0.15, 0.2) is 6.10 Å². The van der Waals surface area contributed by atoms with E-state index in [9.17, 15) is 14.4 Å². The lowest BCUT2D eigenvalue weighted by Crippen LogP contribution is -2.30. The van der Waals surface area contributed by atoms with Crippen molar-refractivity contribution in [3.05, 3.63) is 24.3 Å². The lowest BCUT2D eigenvalue weighted by atomic mass is 10.0. The highest BCUT2D eigenvalue weighted by Gasteiger charge is 2.19. The van der Waals surface area contributed by atoms with Gasteiger partial charge in [-0.2, -0.15) is 0 Å². The van der Waals surface area contributed by atoms with Crippen LogP contribution in [0.3, 0.4) is 0 Å². The van der Waals surface area contributed by atoms with Crippen LogP contribution in [0.1, 0.15) is 412 Å². The van der Waals surface area contributed by atoms with Crippen molar-refractivity contribution in [3.8, 4) is 0 Å². The van der Waals surface area contributed by atoms with Crippen molar-refractivity contribution in [1.29, 1.82) is 0 Å². The van der Waals surface area contributed by atoms with Crippen molar-refractivity contribution >= 4 is 17.9 Å². The predicted octanol–water partition coefficient (Wildman–Crippen LogP) is 25.0. The summed E-state index contributed by atoms with van der Waals surface area (Å²) in [5.74, 6) is -0.833. The fourth-order valence-corrected chi connectivity index (χ4v) is 11.2. The molecule has 0 fully saturated rings. The number of carbonyl (C=O) groups excluding carboxylic acids is 3. The molecular weight excluding hydrogens is 985 g/mol. The SMILES string of the molecule is CCCCCCCCCC/C=C\CCCCCCCCCCCCCCCC(=O)OCC(COC(=O)CCCCCCCCCCCCCC)OC(=O)CCCCCCCCCCCCCCC/C=C\CCCCCCCCCC. The lowest BCUT2D eigenvalue weighted by molar-refractivity contribution is -0.167. The third-order valence-corrected chi connectivity index (χ3v) is 16.7. The molecule has 472 valence electrons. The Morgan fingerprint density at radius 1 is 0.237 bits per heavy atom. The first-order chi connectivity index (χ1) is 39.5. The van der Waals surface area contributed by atoms with E-state index in [1.165, 1.54) is 315 Å². The molecule has 1 unspecified atom stereocenters. The van der Waals surface area contributed by atoms with Crippen LogP contribution in [-0.2, 0) is 28.6 Å². The average molecular weight is 1130 g/mol. The average Bonchev–Trinajstić information content (AvgIpc) is 3.46. The Bertz CT molecular complexity index is 1290. The zero-order chi connectivity index (χ0) is 57.8. The van der Waals surface area contributed by atoms with E-state index in [1.54, 1.807) is 0 Å². The number of hydrogen-bond donors (Lipinski definition) is 0. The summed E-state index contributed by atoms with van der Waals surface area (Å²) >= 11 is 0. The number of allylic oxidation sites excluding steroid dienone is 4. The Morgan fingerprint density at radius 2 is 0.412 bits per heavy atom. The molecule has 0 saturated carbocycles. The van der Waals surface area contributed by atoms with Gasteiger partial charge in [0.2, 0.25) is 0 Å². The van der Waals surface area contributed by atoms with Crippen LogP contribution in [0.25, 0.3) is 0 Å². The number of ether oxygens (including phenoxy) is 3. The Hall–Kier alpha value is -2.11. The molecule has 0 rings (SSSR count).